The maximum absolute atomic E-state index is 6.22. The van der Waals surface area contributed by atoms with Crippen LogP contribution < -0.4 is 0 Å². The first kappa shape index (κ1) is 8.28. The SMILES string of the molecule is CC1(C)OC2CC3CC(C2)CC1C3. The first-order valence-corrected chi connectivity index (χ1v) is 5.81. The first-order chi connectivity index (χ1) is 6.13. The van der Waals surface area contributed by atoms with E-state index in [2.05, 4.69) is 13.8 Å². The summed E-state index contributed by atoms with van der Waals surface area (Å²) >= 11 is 0. The average molecular weight is 180 g/mol. The van der Waals surface area contributed by atoms with Crippen LogP contribution in [-0.4, -0.2) is 11.7 Å². The van der Waals surface area contributed by atoms with Gasteiger partial charge in [-0.2, -0.15) is 0 Å². The van der Waals surface area contributed by atoms with E-state index in [4.69, 9.17) is 4.74 Å². The zero-order chi connectivity index (χ0) is 9.05. The molecule has 4 bridgehead atoms. The normalized spacial score (nSPS) is 52.2. The highest BCUT2D eigenvalue weighted by Crippen LogP contribution is 2.51. The van der Waals surface area contributed by atoms with E-state index in [0.717, 1.165) is 17.8 Å². The van der Waals surface area contributed by atoms with Crippen molar-refractivity contribution in [1.29, 1.82) is 0 Å². The Morgan fingerprint density at radius 1 is 0.923 bits per heavy atom. The predicted molar refractivity (Wildman–Crippen MR) is 52.5 cm³/mol. The second-order valence-corrected chi connectivity index (χ2v) is 5.95. The van der Waals surface area contributed by atoms with E-state index in [9.17, 15) is 0 Å². The van der Waals surface area contributed by atoms with Crippen LogP contribution in [0.2, 0.25) is 0 Å². The van der Waals surface area contributed by atoms with E-state index >= 15 is 0 Å². The Morgan fingerprint density at radius 2 is 1.54 bits per heavy atom. The van der Waals surface area contributed by atoms with Gasteiger partial charge in [0.15, 0.2) is 0 Å². The fourth-order valence-corrected chi connectivity index (χ4v) is 3.98. The van der Waals surface area contributed by atoms with E-state index in [1.807, 2.05) is 0 Å². The Kier molecular flexibility index (Phi) is 1.59. The van der Waals surface area contributed by atoms with Gasteiger partial charge in [-0.25, -0.2) is 0 Å². The molecule has 1 heteroatoms. The Hall–Kier alpha value is -0.0400. The molecule has 0 N–H and O–H groups in total. The lowest BCUT2D eigenvalue weighted by molar-refractivity contribution is -0.0859. The van der Waals surface area contributed by atoms with E-state index in [0.29, 0.717) is 6.10 Å². The fraction of sp³-hybridized carbons (Fsp3) is 1.00. The zero-order valence-electron chi connectivity index (χ0n) is 8.75. The number of fused-ring (bicyclic) bond motifs is 1. The molecule has 0 radical (unpaired) electrons. The van der Waals surface area contributed by atoms with Gasteiger partial charge >= 0.3 is 0 Å². The molecule has 2 aliphatic carbocycles. The summed E-state index contributed by atoms with van der Waals surface area (Å²) in [7, 11) is 0. The molecule has 74 valence electrons. The summed E-state index contributed by atoms with van der Waals surface area (Å²) in [5.41, 5.74) is 0.175. The van der Waals surface area contributed by atoms with E-state index < -0.39 is 0 Å². The second kappa shape index (κ2) is 2.50. The molecule has 2 saturated carbocycles. The minimum absolute atomic E-state index is 0.175. The van der Waals surface area contributed by atoms with Crippen molar-refractivity contribution >= 4 is 0 Å². The third-order valence-corrected chi connectivity index (χ3v) is 4.55. The molecule has 0 amide bonds. The summed E-state index contributed by atoms with van der Waals surface area (Å²) in [6, 6.07) is 0. The summed E-state index contributed by atoms with van der Waals surface area (Å²) in [6.45, 7) is 4.61. The molecule has 0 spiro atoms. The lowest BCUT2D eigenvalue weighted by Gasteiger charge is -2.38. The fourth-order valence-electron chi connectivity index (χ4n) is 3.98. The van der Waals surface area contributed by atoms with Gasteiger partial charge in [-0.15, -0.1) is 0 Å². The minimum atomic E-state index is 0.175. The number of rotatable bonds is 0. The van der Waals surface area contributed by atoms with Crippen molar-refractivity contribution < 1.29 is 4.74 Å². The maximum Gasteiger partial charge on any atom is 0.0658 e. The summed E-state index contributed by atoms with van der Waals surface area (Å²) < 4.78 is 6.22. The molecule has 0 aromatic heterocycles. The number of ether oxygens (including phenoxy) is 1. The van der Waals surface area contributed by atoms with Gasteiger partial charge in [-0.1, -0.05) is 0 Å². The average Bonchev–Trinajstić information content (AvgIpc) is 2.12. The van der Waals surface area contributed by atoms with Crippen LogP contribution in [0.3, 0.4) is 0 Å². The van der Waals surface area contributed by atoms with Gasteiger partial charge in [-0.3, -0.25) is 0 Å². The molecule has 0 aromatic carbocycles. The van der Waals surface area contributed by atoms with Crippen LogP contribution >= 0.6 is 0 Å². The molecule has 4 fully saturated rings. The van der Waals surface area contributed by atoms with Crippen LogP contribution in [0.15, 0.2) is 0 Å². The standard InChI is InChI=1S/C12H20O/c1-12(2)10-4-8-3-9(5-10)7-11(6-8)13-12/h8-11H,3-7H2,1-2H3. The molecular formula is C12H20O. The van der Waals surface area contributed by atoms with Crippen LogP contribution in [0.1, 0.15) is 46.0 Å². The van der Waals surface area contributed by atoms with Gasteiger partial charge in [0.2, 0.25) is 0 Å². The molecule has 2 heterocycles. The van der Waals surface area contributed by atoms with Crippen molar-refractivity contribution in [3.8, 4) is 0 Å². The highest BCUT2D eigenvalue weighted by molar-refractivity contribution is 4.97. The quantitative estimate of drug-likeness (QED) is 0.557. The third-order valence-electron chi connectivity index (χ3n) is 4.55. The number of hydrogen-bond donors (Lipinski definition) is 0. The van der Waals surface area contributed by atoms with Crippen molar-refractivity contribution in [2.75, 3.05) is 0 Å². The molecule has 1 nitrogen and oxygen atoms in total. The van der Waals surface area contributed by atoms with Gasteiger partial charge in [0.25, 0.3) is 0 Å². The van der Waals surface area contributed by atoms with Crippen molar-refractivity contribution in [3.63, 3.8) is 0 Å². The van der Waals surface area contributed by atoms with Crippen LogP contribution in [0, 0.1) is 17.8 Å². The topological polar surface area (TPSA) is 9.23 Å². The third kappa shape index (κ3) is 1.24. The molecule has 2 unspecified atom stereocenters. The van der Waals surface area contributed by atoms with E-state index in [1.54, 1.807) is 0 Å². The second-order valence-electron chi connectivity index (χ2n) is 5.95. The van der Waals surface area contributed by atoms with Crippen LogP contribution in [0.25, 0.3) is 0 Å². The molecular weight excluding hydrogens is 160 g/mol. The predicted octanol–water partition coefficient (Wildman–Crippen LogP) is 2.99. The molecule has 2 saturated heterocycles. The van der Waals surface area contributed by atoms with E-state index in [1.165, 1.54) is 32.1 Å². The summed E-state index contributed by atoms with van der Waals surface area (Å²) in [6.07, 6.45) is 7.71. The lowest BCUT2D eigenvalue weighted by Crippen LogP contribution is -2.35. The zero-order valence-corrected chi connectivity index (χ0v) is 8.75. The Labute approximate surface area is 80.8 Å². The smallest absolute Gasteiger partial charge is 0.0658 e. The van der Waals surface area contributed by atoms with Crippen LogP contribution in [-0.2, 0) is 4.74 Å². The summed E-state index contributed by atoms with van der Waals surface area (Å²) in [5, 5.41) is 0. The van der Waals surface area contributed by atoms with Gasteiger partial charge in [0.05, 0.1) is 11.7 Å². The first-order valence-electron chi connectivity index (χ1n) is 5.81. The molecule has 2 aliphatic heterocycles. The van der Waals surface area contributed by atoms with Gasteiger partial charge < -0.3 is 4.74 Å². The summed E-state index contributed by atoms with van der Waals surface area (Å²) in [4.78, 5) is 0. The number of hydrogen-bond acceptors (Lipinski definition) is 1. The van der Waals surface area contributed by atoms with Crippen molar-refractivity contribution in [1.82, 2.24) is 0 Å². The van der Waals surface area contributed by atoms with Crippen LogP contribution in [0.4, 0.5) is 0 Å². The molecule has 4 aliphatic rings. The Bertz CT molecular complexity index is 207. The molecule has 0 aromatic rings. The molecule has 13 heavy (non-hydrogen) atoms. The van der Waals surface area contributed by atoms with Crippen molar-refractivity contribution in [2.45, 2.75) is 57.7 Å². The van der Waals surface area contributed by atoms with Crippen molar-refractivity contribution in [3.05, 3.63) is 0 Å². The van der Waals surface area contributed by atoms with Gasteiger partial charge in [0.1, 0.15) is 0 Å². The van der Waals surface area contributed by atoms with E-state index in [-0.39, 0.29) is 5.60 Å². The Balaban J connectivity index is 1.95. The minimum Gasteiger partial charge on any atom is -0.372 e. The summed E-state index contributed by atoms with van der Waals surface area (Å²) in [5.74, 6) is 2.86. The maximum atomic E-state index is 6.22. The molecule has 2 atom stereocenters. The Morgan fingerprint density at radius 3 is 2.15 bits per heavy atom. The lowest BCUT2D eigenvalue weighted by atomic mass is 9.65. The largest absolute Gasteiger partial charge is 0.372 e. The monoisotopic (exact) mass is 180 g/mol. The highest BCUT2D eigenvalue weighted by atomic mass is 16.5. The highest BCUT2D eigenvalue weighted by Gasteiger charge is 2.47. The van der Waals surface area contributed by atoms with Gasteiger partial charge in [0, 0.05) is 0 Å². The van der Waals surface area contributed by atoms with Crippen LogP contribution in [0.5, 0.6) is 0 Å². The molecule has 4 rings (SSSR count). The van der Waals surface area contributed by atoms with Crippen molar-refractivity contribution in [2.24, 2.45) is 17.8 Å². The van der Waals surface area contributed by atoms with Gasteiger partial charge in [-0.05, 0) is 63.7 Å².